The lowest BCUT2D eigenvalue weighted by molar-refractivity contribution is -0.384. The molecule has 0 bridgehead atoms. The van der Waals surface area contributed by atoms with Gasteiger partial charge in [-0.3, -0.25) is 10.1 Å². The van der Waals surface area contributed by atoms with Crippen molar-refractivity contribution < 1.29 is 14.1 Å². The monoisotopic (exact) mass is 268 g/mol. The largest absolute Gasteiger partial charge is 0.381 e. The fourth-order valence-electron chi connectivity index (χ4n) is 2.16. The molecular weight excluding hydrogens is 251 g/mol. The third-order valence-electron chi connectivity index (χ3n) is 3.56. The second kappa shape index (κ2) is 5.52. The molecule has 0 saturated carbocycles. The van der Waals surface area contributed by atoms with Crippen LogP contribution in [0.25, 0.3) is 0 Å². The number of nitro benzene ring substituents is 1. The molecule has 0 unspecified atom stereocenters. The van der Waals surface area contributed by atoms with Crippen molar-refractivity contribution in [3.05, 3.63) is 34.1 Å². The zero-order valence-corrected chi connectivity index (χ0v) is 10.8. The molecular formula is C13H17FN2O3. The predicted octanol–water partition coefficient (Wildman–Crippen LogP) is 2.96. The van der Waals surface area contributed by atoms with Gasteiger partial charge in [-0.2, -0.15) is 0 Å². The molecule has 1 aliphatic rings. The quantitative estimate of drug-likeness (QED) is 0.673. The minimum absolute atomic E-state index is 0.0262. The number of anilines is 1. The van der Waals surface area contributed by atoms with Gasteiger partial charge >= 0.3 is 0 Å². The van der Waals surface area contributed by atoms with Crippen LogP contribution in [0.2, 0.25) is 0 Å². The van der Waals surface area contributed by atoms with Gasteiger partial charge in [0.1, 0.15) is 11.5 Å². The maximum Gasteiger partial charge on any atom is 0.292 e. The Morgan fingerprint density at radius 1 is 1.47 bits per heavy atom. The summed E-state index contributed by atoms with van der Waals surface area (Å²) in [6.45, 7) is 4.07. The van der Waals surface area contributed by atoms with Crippen molar-refractivity contribution in [2.75, 3.05) is 25.1 Å². The average Bonchev–Trinajstić information content (AvgIpc) is 2.37. The summed E-state index contributed by atoms with van der Waals surface area (Å²) in [5.74, 6) is -0.481. The highest BCUT2D eigenvalue weighted by molar-refractivity contribution is 5.61. The Morgan fingerprint density at radius 2 is 2.16 bits per heavy atom. The fraction of sp³-hybridized carbons (Fsp3) is 0.538. The highest BCUT2D eigenvalue weighted by Crippen LogP contribution is 2.32. The number of hydrogen-bond donors (Lipinski definition) is 1. The van der Waals surface area contributed by atoms with Gasteiger partial charge in [-0.1, -0.05) is 6.92 Å². The molecule has 0 aromatic heterocycles. The summed E-state index contributed by atoms with van der Waals surface area (Å²) < 4.78 is 18.5. The van der Waals surface area contributed by atoms with Crippen LogP contribution < -0.4 is 5.32 Å². The first-order chi connectivity index (χ1) is 9.00. The van der Waals surface area contributed by atoms with Crippen LogP contribution in [0.3, 0.4) is 0 Å². The van der Waals surface area contributed by atoms with Crippen LogP contribution in [0.1, 0.15) is 19.8 Å². The summed E-state index contributed by atoms with van der Waals surface area (Å²) in [5, 5.41) is 13.9. The maximum atomic E-state index is 13.2. The summed E-state index contributed by atoms with van der Waals surface area (Å²) in [4.78, 5) is 10.4. The zero-order valence-electron chi connectivity index (χ0n) is 10.8. The molecule has 1 aliphatic heterocycles. The second-order valence-electron chi connectivity index (χ2n) is 5.20. The zero-order chi connectivity index (χ0) is 13.9. The molecule has 19 heavy (non-hydrogen) atoms. The SMILES string of the molecule is CC1(CNc2cc(F)ccc2[N+](=O)[O-])CCOCC1. The first kappa shape index (κ1) is 13.7. The van der Waals surface area contributed by atoms with E-state index in [9.17, 15) is 14.5 Å². The van der Waals surface area contributed by atoms with E-state index in [1.54, 1.807) is 0 Å². The third kappa shape index (κ3) is 3.41. The topological polar surface area (TPSA) is 64.4 Å². The molecule has 1 fully saturated rings. The van der Waals surface area contributed by atoms with Gasteiger partial charge in [-0.05, 0) is 24.3 Å². The summed E-state index contributed by atoms with van der Waals surface area (Å²) in [5.41, 5.74) is 0.160. The Labute approximate surface area is 110 Å². The molecule has 1 aromatic carbocycles. The normalized spacial score (nSPS) is 18.0. The summed E-state index contributed by atoms with van der Waals surface area (Å²) in [7, 11) is 0. The number of hydrogen-bond acceptors (Lipinski definition) is 4. The molecule has 0 spiro atoms. The van der Waals surface area contributed by atoms with E-state index in [1.807, 2.05) is 0 Å². The van der Waals surface area contributed by atoms with Crippen LogP contribution in [0.4, 0.5) is 15.8 Å². The van der Waals surface area contributed by atoms with Crippen LogP contribution in [-0.4, -0.2) is 24.7 Å². The van der Waals surface area contributed by atoms with Gasteiger partial charge < -0.3 is 10.1 Å². The summed E-state index contributed by atoms with van der Waals surface area (Å²) >= 11 is 0. The number of nitro groups is 1. The van der Waals surface area contributed by atoms with Crippen LogP contribution >= 0.6 is 0 Å². The Hall–Kier alpha value is -1.69. The number of benzene rings is 1. The Bertz CT molecular complexity index is 473. The van der Waals surface area contributed by atoms with E-state index in [1.165, 1.54) is 12.1 Å². The minimum Gasteiger partial charge on any atom is -0.381 e. The molecule has 2 rings (SSSR count). The van der Waals surface area contributed by atoms with Crippen molar-refractivity contribution in [3.8, 4) is 0 Å². The van der Waals surface area contributed by atoms with Crippen molar-refractivity contribution in [2.45, 2.75) is 19.8 Å². The molecule has 0 atom stereocenters. The van der Waals surface area contributed by atoms with Gasteiger partial charge in [0.2, 0.25) is 0 Å². The van der Waals surface area contributed by atoms with Crippen molar-refractivity contribution in [1.29, 1.82) is 0 Å². The number of nitrogens with zero attached hydrogens (tertiary/aromatic N) is 1. The number of rotatable bonds is 4. The van der Waals surface area contributed by atoms with E-state index in [-0.39, 0.29) is 16.8 Å². The Kier molecular flexibility index (Phi) is 3.99. The van der Waals surface area contributed by atoms with Crippen LogP contribution in [0.15, 0.2) is 18.2 Å². The Balaban J connectivity index is 2.10. The van der Waals surface area contributed by atoms with Gasteiger partial charge in [0.15, 0.2) is 0 Å². The molecule has 0 aliphatic carbocycles. The highest BCUT2D eigenvalue weighted by Gasteiger charge is 2.28. The molecule has 104 valence electrons. The maximum absolute atomic E-state index is 13.2. The van der Waals surface area contributed by atoms with Gasteiger partial charge in [0, 0.05) is 31.9 Å². The fourth-order valence-corrected chi connectivity index (χ4v) is 2.16. The standard InChI is InChI=1S/C13H17FN2O3/c1-13(4-6-19-7-5-13)9-15-11-8-10(14)2-3-12(11)16(17)18/h2-3,8,15H,4-7,9H2,1H3. The molecule has 1 aromatic rings. The summed E-state index contributed by atoms with van der Waals surface area (Å²) in [6, 6.07) is 3.45. The highest BCUT2D eigenvalue weighted by atomic mass is 19.1. The third-order valence-corrected chi connectivity index (χ3v) is 3.56. The first-order valence-electron chi connectivity index (χ1n) is 6.26. The summed E-state index contributed by atoms with van der Waals surface area (Å²) in [6.07, 6.45) is 1.78. The van der Waals surface area contributed by atoms with Gasteiger partial charge in [-0.15, -0.1) is 0 Å². The lowest BCUT2D eigenvalue weighted by atomic mass is 9.82. The molecule has 6 heteroatoms. The number of ether oxygens (including phenoxy) is 1. The average molecular weight is 268 g/mol. The van der Waals surface area contributed by atoms with Crippen molar-refractivity contribution in [3.63, 3.8) is 0 Å². The number of nitrogens with one attached hydrogen (secondary N) is 1. The molecule has 0 amide bonds. The minimum atomic E-state index is -0.506. The molecule has 1 saturated heterocycles. The molecule has 0 radical (unpaired) electrons. The van der Waals surface area contributed by atoms with Gasteiger partial charge in [0.25, 0.3) is 5.69 Å². The molecule has 1 heterocycles. The van der Waals surface area contributed by atoms with Crippen LogP contribution in [-0.2, 0) is 4.74 Å². The second-order valence-corrected chi connectivity index (χ2v) is 5.20. The van der Waals surface area contributed by atoms with E-state index < -0.39 is 10.7 Å². The van der Waals surface area contributed by atoms with E-state index in [4.69, 9.17) is 4.74 Å². The smallest absolute Gasteiger partial charge is 0.292 e. The van der Waals surface area contributed by atoms with Crippen LogP contribution in [0, 0.1) is 21.3 Å². The first-order valence-corrected chi connectivity index (χ1v) is 6.26. The number of halogens is 1. The van der Waals surface area contributed by atoms with Crippen molar-refractivity contribution in [2.24, 2.45) is 5.41 Å². The van der Waals surface area contributed by atoms with Gasteiger partial charge in [0.05, 0.1) is 4.92 Å². The van der Waals surface area contributed by atoms with Crippen molar-refractivity contribution >= 4 is 11.4 Å². The van der Waals surface area contributed by atoms with E-state index in [0.717, 1.165) is 18.9 Å². The van der Waals surface area contributed by atoms with Gasteiger partial charge in [-0.25, -0.2) is 4.39 Å². The lowest BCUT2D eigenvalue weighted by Gasteiger charge is -2.33. The van der Waals surface area contributed by atoms with E-state index in [2.05, 4.69) is 12.2 Å². The van der Waals surface area contributed by atoms with Crippen molar-refractivity contribution in [1.82, 2.24) is 0 Å². The van der Waals surface area contributed by atoms with E-state index >= 15 is 0 Å². The molecule has 5 nitrogen and oxygen atoms in total. The Morgan fingerprint density at radius 3 is 2.79 bits per heavy atom. The predicted molar refractivity (Wildman–Crippen MR) is 69.7 cm³/mol. The molecule has 1 N–H and O–H groups in total. The lowest BCUT2D eigenvalue weighted by Crippen LogP contribution is -2.33. The van der Waals surface area contributed by atoms with E-state index in [0.29, 0.717) is 19.8 Å². The van der Waals surface area contributed by atoms with Crippen LogP contribution in [0.5, 0.6) is 0 Å².